The van der Waals surface area contributed by atoms with Crippen molar-refractivity contribution in [1.29, 1.82) is 0 Å². The average molecular weight is 755 g/mol. The quantitative estimate of drug-likeness (QED) is 0.115. The summed E-state index contributed by atoms with van der Waals surface area (Å²) in [5.41, 5.74) is 2.51. The Morgan fingerprint density at radius 2 is 1.27 bits per heavy atom. The van der Waals surface area contributed by atoms with Crippen LogP contribution in [0.5, 0.6) is 11.5 Å². The van der Waals surface area contributed by atoms with Gasteiger partial charge in [-0.25, -0.2) is 0 Å². The van der Waals surface area contributed by atoms with E-state index in [9.17, 15) is 19.2 Å². The molecule has 1 saturated heterocycles. The Bertz CT molecular complexity index is 1730. The van der Waals surface area contributed by atoms with Crippen LogP contribution < -0.4 is 30.7 Å². The number of aromatic amines is 2. The van der Waals surface area contributed by atoms with Crippen LogP contribution in [0.3, 0.4) is 0 Å². The monoisotopic (exact) mass is 753 g/mol. The molecule has 4 amide bonds. The molecule has 1 aliphatic heterocycles. The van der Waals surface area contributed by atoms with Gasteiger partial charge in [0.2, 0.25) is 0 Å². The summed E-state index contributed by atoms with van der Waals surface area (Å²) in [6.07, 6.45) is 3.87. The number of carbonyl (C=O) groups is 4. The van der Waals surface area contributed by atoms with Gasteiger partial charge in [-0.2, -0.15) is 0 Å². The van der Waals surface area contributed by atoms with Gasteiger partial charge >= 0.3 is 0 Å². The fourth-order valence-corrected chi connectivity index (χ4v) is 5.40. The second-order valence-corrected chi connectivity index (χ2v) is 13.2. The lowest BCUT2D eigenvalue weighted by Crippen LogP contribution is -2.48. The molecule has 6 rings (SSSR count). The highest BCUT2D eigenvalue weighted by Gasteiger charge is 2.27. The molecule has 2 atom stereocenters. The van der Waals surface area contributed by atoms with Crippen molar-refractivity contribution in [3.8, 4) is 11.5 Å². The lowest BCUT2D eigenvalue weighted by molar-refractivity contribution is -0.00354. The predicted octanol–water partition coefficient (Wildman–Crippen LogP) is 5.14. The molecule has 1 saturated carbocycles. The number of ether oxygens (including phenoxy) is 3. The number of H-pyrrole nitrogens is 2. The molecule has 6 N–H and O–H groups in total. The summed E-state index contributed by atoms with van der Waals surface area (Å²) in [7, 11) is 3.03. The molecule has 4 heterocycles. The number of pyridine rings is 1. The Balaban J connectivity index is 0.000000201. The zero-order valence-corrected chi connectivity index (χ0v) is 30.6. The van der Waals surface area contributed by atoms with Crippen molar-refractivity contribution in [1.82, 2.24) is 36.2 Å². The number of hydrogen-bond acceptors (Lipinski definition) is 8. The number of hydrogen-bond donors (Lipinski definition) is 6. The Kier molecular flexibility index (Phi) is 12.8. The van der Waals surface area contributed by atoms with Crippen molar-refractivity contribution >= 4 is 46.8 Å². The Hall–Kier alpha value is -5.05. The van der Waals surface area contributed by atoms with Crippen molar-refractivity contribution in [3.63, 3.8) is 0 Å². The molecule has 2 fully saturated rings. The number of nitrogens with one attached hydrogen (secondary N) is 6. The SMILES string of the molecule is CNC(=O)c1[nH]c(C(=O)NC2CCC2)cc1OC(C)c1ccc(Cl)cn1.CNC(=O)c1[nH]c(C(=O)NC2COC2)cc1OC(C)c1ccc(Cl)cc1. The maximum atomic E-state index is 12.4. The molecule has 4 aromatic rings. The molecule has 52 heavy (non-hydrogen) atoms. The maximum absolute atomic E-state index is 12.4. The molecule has 3 aromatic heterocycles. The van der Waals surface area contributed by atoms with Crippen molar-refractivity contribution in [2.75, 3.05) is 27.3 Å². The van der Waals surface area contributed by atoms with E-state index in [2.05, 4.69) is 36.2 Å². The van der Waals surface area contributed by atoms with E-state index in [1.165, 1.54) is 26.4 Å². The number of aromatic nitrogens is 3. The first-order chi connectivity index (χ1) is 24.9. The van der Waals surface area contributed by atoms with Crippen LogP contribution in [0.15, 0.2) is 54.7 Å². The summed E-state index contributed by atoms with van der Waals surface area (Å²) < 4.78 is 16.9. The van der Waals surface area contributed by atoms with Crippen LogP contribution in [0, 0.1) is 0 Å². The summed E-state index contributed by atoms with van der Waals surface area (Å²) in [5, 5.41) is 12.0. The van der Waals surface area contributed by atoms with E-state index in [0.717, 1.165) is 24.8 Å². The van der Waals surface area contributed by atoms with Gasteiger partial charge in [0.1, 0.15) is 35.0 Å². The first kappa shape index (κ1) is 38.2. The normalized spacial score (nSPS) is 15.0. The highest BCUT2D eigenvalue weighted by atomic mass is 35.5. The third-order valence-electron chi connectivity index (χ3n) is 8.49. The molecular formula is C36H41Cl2N7O7. The highest BCUT2D eigenvalue weighted by molar-refractivity contribution is 6.30. The van der Waals surface area contributed by atoms with E-state index in [4.69, 9.17) is 37.4 Å². The van der Waals surface area contributed by atoms with E-state index in [0.29, 0.717) is 46.1 Å². The van der Waals surface area contributed by atoms with Crippen molar-refractivity contribution in [2.24, 2.45) is 0 Å². The zero-order valence-electron chi connectivity index (χ0n) is 29.1. The lowest BCUT2D eigenvalue weighted by atomic mass is 9.93. The average Bonchev–Trinajstić information content (AvgIpc) is 3.72. The lowest BCUT2D eigenvalue weighted by Gasteiger charge is -2.26. The fourth-order valence-electron chi connectivity index (χ4n) is 5.16. The molecule has 1 aliphatic carbocycles. The van der Waals surface area contributed by atoms with Crippen molar-refractivity contribution < 1.29 is 33.4 Å². The van der Waals surface area contributed by atoms with Gasteiger partial charge in [-0.05, 0) is 62.9 Å². The van der Waals surface area contributed by atoms with Gasteiger partial charge in [0.15, 0.2) is 11.5 Å². The van der Waals surface area contributed by atoms with Crippen LogP contribution in [0.25, 0.3) is 0 Å². The van der Waals surface area contributed by atoms with Gasteiger partial charge < -0.3 is 45.4 Å². The summed E-state index contributed by atoms with van der Waals surface area (Å²) in [5.74, 6) is -0.674. The van der Waals surface area contributed by atoms with Crippen molar-refractivity contribution in [3.05, 3.63) is 98.8 Å². The Labute approximate surface area is 310 Å². The predicted molar refractivity (Wildman–Crippen MR) is 194 cm³/mol. The van der Waals surface area contributed by atoms with Crippen LogP contribution >= 0.6 is 23.2 Å². The van der Waals surface area contributed by atoms with Gasteiger partial charge in [-0.15, -0.1) is 0 Å². The first-order valence-electron chi connectivity index (χ1n) is 16.8. The number of carbonyl (C=O) groups excluding carboxylic acids is 4. The Morgan fingerprint density at radius 1 is 0.750 bits per heavy atom. The maximum Gasteiger partial charge on any atom is 0.271 e. The number of nitrogens with zero attached hydrogens (tertiary/aromatic N) is 1. The van der Waals surface area contributed by atoms with Gasteiger partial charge in [0.05, 0.1) is 30.0 Å². The number of halogens is 2. The van der Waals surface area contributed by atoms with Crippen LogP contribution in [0.4, 0.5) is 0 Å². The van der Waals surface area contributed by atoms with E-state index in [1.54, 1.807) is 30.3 Å². The molecule has 16 heteroatoms. The van der Waals surface area contributed by atoms with E-state index in [1.807, 2.05) is 26.0 Å². The van der Waals surface area contributed by atoms with Gasteiger partial charge in [-0.1, -0.05) is 35.3 Å². The fraction of sp³-hybridized carbons (Fsp3) is 0.361. The van der Waals surface area contributed by atoms with E-state index >= 15 is 0 Å². The first-order valence-corrected chi connectivity index (χ1v) is 17.5. The number of rotatable bonds is 12. The molecule has 2 aliphatic rings. The molecule has 0 spiro atoms. The largest absolute Gasteiger partial charge is 0.484 e. The molecule has 1 aromatic carbocycles. The van der Waals surface area contributed by atoms with Crippen LogP contribution in [0.1, 0.15) is 98.5 Å². The minimum Gasteiger partial charge on any atom is -0.484 e. The molecular weight excluding hydrogens is 713 g/mol. The second kappa shape index (κ2) is 17.4. The van der Waals surface area contributed by atoms with E-state index in [-0.39, 0.29) is 58.9 Å². The number of benzene rings is 1. The zero-order chi connectivity index (χ0) is 37.4. The van der Waals surface area contributed by atoms with Crippen LogP contribution in [-0.4, -0.2) is 78.0 Å². The molecule has 0 bridgehead atoms. The minimum atomic E-state index is -0.422. The molecule has 0 radical (unpaired) electrons. The molecule has 276 valence electrons. The summed E-state index contributed by atoms with van der Waals surface area (Å²) in [4.78, 5) is 58.9. The molecule has 14 nitrogen and oxygen atoms in total. The third kappa shape index (κ3) is 9.63. The standard InChI is InChI=1S/C18H21ClN4O3.C18H20ClN3O4/c1-10(13-7-6-11(19)9-21-13)26-15-8-14(23-16(15)18(25)20-2)17(24)22-12-4-3-5-12;1-10(11-3-5-12(19)6-4-11)26-15-7-14(22-16(15)18(24)20-2)17(23)21-13-8-25-9-13/h6-10,12,23H,3-5H2,1-2H3,(H,20,25)(H,22,24);3-7,10,13,22H,8-9H2,1-2H3,(H,20,24)(H,21,23). The Morgan fingerprint density at radius 3 is 1.71 bits per heavy atom. The number of amides is 4. The highest BCUT2D eigenvalue weighted by Crippen LogP contribution is 2.29. The van der Waals surface area contributed by atoms with Crippen LogP contribution in [0.2, 0.25) is 10.0 Å². The van der Waals surface area contributed by atoms with Crippen molar-refractivity contribution in [2.45, 2.75) is 57.4 Å². The topological polar surface area (TPSA) is 189 Å². The molecule has 2 unspecified atom stereocenters. The minimum absolute atomic E-state index is 0.00777. The second-order valence-electron chi connectivity index (χ2n) is 12.3. The van der Waals surface area contributed by atoms with E-state index < -0.39 is 6.10 Å². The summed E-state index contributed by atoms with van der Waals surface area (Å²) >= 11 is 11.8. The smallest absolute Gasteiger partial charge is 0.271 e. The third-order valence-corrected chi connectivity index (χ3v) is 8.96. The van der Waals surface area contributed by atoms with Crippen LogP contribution in [-0.2, 0) is 4.74 Å². The summed E-state index contributed by atoms with van der Waals surface area (Å²) in [6.45, 7) is 4.65. The summed E-state index contributed by atoms with van der Waals surface area (Å²) in [6, 6.07) is 14.0. The van der Waals surface area contributed by atoms with Gasteiger partial charge in [0, 0.05) is 43.5 Å². The van der Waals surface area contributed by atoms with Gasteiger partial charge in [-0.3, -0.25) is 24.2 Å². The van der Waals surface area contributed by atoms with Gasteiger partial charge in [0.25, 0.3) is 23.6 Å².